The van der Waals surface area contributed by atoms with E-state index in [-0.39, 0.29) is 0 Å². The van der Waals surface area contributed by atoms with Gasteiger partial charge in [0.1, 0.15) is 0 Å². The van der Waals surface area contributed by atoms with Crippen LogP contribution >= 0.6 is 0 Å². The van der Waals surface area contributed by atoms with E-state index in [0.717, 1.165) is 11.8 Å². The molecule has 0 N–H and O–H groups in total. The maximum atomic E-state index is 5.79. The van der Waals surface area contributed by atoms with Crippen LogP contribution in [0.3, 0.4) is 0 Å². The molecule has 4 atom stereocenters. The molecule has 1 nitrogen and oxygen atoms in total. The van der Waals surface area contributed by atoms with Gasteiger partial charge >= 0.3 is 0 Å². The Morgan fingerprint density at radius 1 is 1.12 bits per heavy atom. The lowest BCUT2D eigenvalue weighted by molar-refractivity contribution is 0.0239. The zero-order valence-electron chi connectivity index (χ0n) is 11.4. The summed E-state index contributed by atoms with van der Waals surface area (Å²) in [6.07, 6.45) is 10.3. The molecule has 3 fully saturated rings. The van der Waals surface area contributed by atoms with E-state index < -0.39 is 0 Å². The van der Waals surface area contributed by atoms with Crippen molar-refractivity contribution in [2.75, 3.05) is 7.11 Å². The molecule has 0 aromatic heterocycles. The highest BCUT2D eigenvalue weighted by Crippen LogP contribution is 2.64. The minimum atomic E-state index is 0.393. The van der Waals surface area contributed by atoms with Crippen LogP contribution in [0, 0.1) is 23.2 Å². The molecule has 96 valence electrons. The summed E-state index contributed by atoms with van der Waals surface area (Å²) in [5.41, 5.74) is 1.93. The van der Waals surface area contributed by atoms with E-state index in [1.165, 1.54) is 50.5 Å². The first kappa shape index (κ1) is 11.8. The Bertz CT molecular complexity index is 315. The predicted molar refractivity (Wildman–Crippen MR) is 70.8 cm³/mol. The molecule has 2 bridgehead atoms. The summed E-state index contributed by atoms with van der Waals surface area (Å²) in [7, 11) is 1.90. The number of hydrogen-bond donors (Lipinski definition) is 0. The molecule has 3 saturated carbocycles. The SMILES string of the molecule is C=C1[C@H]2CC[C@H]([C@@H]2OC)[C@]1(C)C1CCCCC1. The molecule has 0 heterocycles. The van der Waals surface area contributed by atoms with Gasteiger partial charge in [0, 0.05) is 13.0 Å². The first-order valence-corrected chi connectivity index (χ1v) is 7.41. The first-order chi connectivity index (χ1) is 8.19. The van der Waals surface area contributed by atoms with Crippen LogP contribution in [0.2, 0.25) is 0 Å². The summed E-state index contributed by atoms with van der Waals surface area (Å²) >= 11 is 0. The fraction of sp³-hybridized carbons (Fsp3) is 0.875. The Morgan fingerprint density at radius 2 is 1.82 bits per heavy atom. The molecule has 1 heteroatoms. The third kappa shape index (κ3) is 1.47. The van der Waals surface area contributed by atoms with Gasteiger partial charge in [0.2, 0.25) is 0 Å². The third-order valence-corrected chi connectivity index (χ3v) is 6.22. The maximum absolute atomic E-state index is 5.79. The molecule has 17 heavy (non-hydrogen) atoms. The molecule has 3 aliphatic carbocycles. The zero-order valence-corrected chi connectivity index (χ0v) is 11.4. The van der Waals surface area contributed by atoms with Crippen molar-refractivity contribution < 1.29 is 4.74 Å². The summed E-state index contributed by atoms with van der Waals surface area (Å²) in [6.45, 7) is 6.98. The van der Waals surface area contributed by atoms with Gasteiger partial charge in [0.05, 0.1) is 6.10 Å². The zero-order chi connectivity index (χ0) is 12.0. The van der Waals surface area contributed by atoms with Crippen LogP contribution in [0.15, 0.2) is 12.2 Å². The van der Waals surface area contributed by atoms with Gasteiger partial charge in [0.25, 0.3) is 0 Å². The van der Waals surface area contributed by atoms with Crippen molar-refractivity contribution in [2.24, 2.45) is 23.2 Å². The molecule has 3 rings (SSSR count). The lowest BCUT2D eigenvalue weighted by atomic mass is 9.60. The van der Waals surface area contributed by atoms with Crippen LogP contribution in [-0.4, -0.2) is 13.2 Å². The highest BCUT2D eigenvalue weighted by atomic mass is 16.5. The minimum absolute atomic E-state index is 0.393. The second kappa shape index (κ2) is 4.12. The predicted octanol–water partition coefficient (Wildman–Crippen LogP) is 4.18. The summed E-state index contributed by atoms with van der Waals surface area (Å²) in [5.74, 6) is 2.31. The normalized spacial score (nSPS) is 46.7. The second-order valence-corrected chi connectivity index (χ2v) is 6.63. The van der Waals surface area contributed by atoms with Gasteiger partial charge in [-0.2, -0.15) is 0 Å². The van der Waals surface area contributed by atoms with Crippen molar-refractivity contribution in [1.82, 2.24) is 0 Å². The Kier molecular flexibility index (Phi) is 2.85. The van der Waals surface area contributed by atoms with Crippen molar-refractivity contribution in [3.63, 3.8) is 0 Å². The Balaban J connectivity index is 1.88. The van der Waals surface area contributed by atoms with Crippen LogP contribution < -0.4 is 0 Å². The first-order valence-electron chi connectivity index (χ1n) is 7.41. The number of fused-ring (bicyclic) bond motifs is 2. The topological polar surface area (TPSA) is 9.23 Å². The van der Waals surface area contributed by atoms with E-state index in [1.54, 1.807) is 0 Å². The maximum Gasteiger partial charge on any atom is 0.0673 e. The van der Waals surface area contributed by atoms with Gasteiger partial charge in [-0.25, -0.2) is 0 Å². The summed E-state index contributed by atoms with van der Waals surface area (Å²) in [4.78, 5) is 0. The Labute approximate surface area is 106 Å². The molecule has 0 aromatic carbocycles. The molecular formula is C16H26O. The van der Waals surface area contributed by atoms with Gasteiger partial charge in [-0.05, 0) is 42.9 Å². The van der Waals surface area contributed by atoms with E-state index in [9.17, 15) is 0 Å². The molecule has 0 radical (unpaired) electrons. The van der Waals surface area contributed by atoms with Crippen molar-refractivity contribution in [2.45, 2.75) is 58.0 Å². The van der Waals surface area contributed by atoms with Gasteiger partial charge in [0.15, 0.2) is 0 Å². The fourth-order valence-corrected chi connectivity index (χ4v) is 5.22. The average Bonchev–Trinajstić information content (AvgIpc) is 2.88. The number of hydrogen-bond acceptors (Lipinski definition) is 1. The second-order valence-electron chi connectivity index (χ2n) is 6.63. The average molecular weight is 234 g/mol. The van der Waals surface area contributed by atoms with Crippen LogP contribution in [0.1, 0.15) is 51.9 Å². The van der Waals surface area contributed by atoms with Gasteiger partial charge in [-0.15, -0.1) is 0 Å². The van der Waals surface area contributed by atoms with Crippen LogP contribution in [0.25, 0.3) is 0 Å². The third-order valence-electron chi connectivity index (χ3n) is 6.22. The Morgan fingerprint density at radius 3 is 2.41 bits per heavy atom. The van der Waals surface area contributed by atoms with Crippen molar-refractivity contribution in [1.29, 1.82) is 0 Å². The lowest BCUT2D eigenvalue weighted by Crippen LogP contribution is -2.37. The molecule has 0 amide bonds. The molecular weight excluding hydrogens is 208 g/mol. The van der Waals surface area contributed by atoms with Crippen molar-refractivity contribution in [3.8, 4) is 0 Å². The van der Waals surface area contributed by atoms with Crippen molar-refractivity contribution in [3.05, 3.63) is 12.2 Å². The number of methoxy groups -OCH3 is 1. The molecule has 3 aliphatic rings. The van der Waals surface area contributed by atoms with Gasteiger partial charge < -0.3 is 4.74 Å². The van der Waals surface area contributed by atoms with E-state index in [4.69, 9.17) is 4.74 Å². The standard InChI is InChI=1S/C16H26O/c1-11-13-9-10-14(15(13)17-3)16(11,2)12-7-5-4-6-8-12/h12-15H,1,4-10H2,2-3H3/t13-,14-,15-,16+/m1/s1. The molecule has 0 saturated heterocycles. The van der Waals surface area contributed by atoms with Crippen LogP contribution in [-0.2, 0) is 4.74 Å². The summed E-state index contributed by atoms with van der Waals surface area (Å²) < 4.78 is 5.79. The van der Waals surface area contributed by atoms with E-state index in [1.807, 2.05) is 7.11 Å². The van der Waals surface area contributed by atoms with E-state index >= 15 is 0 Å². The quantitative estimate of drug-likeness (QED) is 0.651. The molecule has 0 aromatic rings. The fourth-order valence-electron chi connectivity index (χ4n) is 5.22. The van der Waals surface area contributed by atoms with Crippen molar-refractivity contribution >= 4 is 0 Å². The van der Waals surface area contributed by atoms with E-state index in [2.05, 4.69) is 13.5 Å². The lowest BCUT2D eigenvalue weighted by Gasteiger charge is -2.44. The highest BCUT2D eigenvalue weighted by Gasteiger charge is 2.59. The van der Waals surface area contributed by atoms with Crippen LogP contribution in [0.5, 0.6) is 0 Å². The summed E-state index contributed by atoms with van der Waals surface area (Å²) in [6, 6.07) is 0. The highest BCUT2D eigenvalue weighted by molar-refractivity contribution is 5.29. The number of ether oxygens (including phenoxy) is 1. The van der Waals surface area contributed by atoms with E-state index in [0.29, 0.717) is 17.4 Å². The molecule has 0 spiro atoms. The minimum Gasteiger partial charge on any atom is -0.381 e. The van der Waals surface area contributed by atoms with Gasteiger partial charge in [-0.1, -0.05) is 38.3 Å². The molecule has 0 aliphatic heterocycles. The van der Waals surface area contributed by atoms with Crippen LogP contribution in [0.4, 0.5) is 0 Å². The Hall–Kier alpha value is -0.300. The molecule has 0 unspecified atom stereocenters. The largest absolute Gasteiger partial charge is 0.381 e. The monoisotopic (exact) mass is 234 g/mol. The summed E-state index contributed by atoms with van der Waals surface area (Å²) in [5, 5.41) is 0. The smallest absolute Gasteiger partial charge is 0.0673 e. The number of rotatable bonds is 2. The van der Waals surface area contributed by atoms with Gasteiger partial charge in [-0.3, -0.25) is 0 Å².